The minimum absolute atomic E-state index is 0.0840. The normalized spacial score (nSPS) is 19.3. The lowest BCUT2D eigenvalue weighted by atomic mass is 9.88. The Hall–Kier alpha value is -4.53. The molecule has 1 fully saturated rings. The van der Waals surface area contributed by atoms with Crippen LogP contribution in [-0.2, 0) is 16.9 Å². The molecule has 6 rings (SSSR count). The maximum Gasteiger partial charge on any atom is 0.322 e. The highest BCUT2D eigenvalue weighted by Gasteiger charge is 2.50. The van der Waals surface area contributed by atoms with Gasteiger partial charge >= 0.3 is 6.03 Å². The fourth-order valence-corrected chi connectivity index (χ4v) is 4.88. The minimum Gasteiger partial charge on any atom is -0.331 e. The molecule has 35 heavy (non-hydrogen) atoms. The Morgan fingerprint density at radius 2 is 1.77 bits per heavy atom. The highest BCUT2D eigenvalue weighted by Crippen LogP contribution is 2.32. The lowest BCUT2D eigenvalue weighted by Crippen LogP contribution is -2.52. The number of nitrogens with zero attached hydrogens (tertiary/aromatic N) is 3. The minimum atomic E-state index is -1.46. The average molecular weight is 469 g/mol. The number of fused-ring (bicyclic) bond motifs is 2. The van der Waals surface area contributed by atoms with Crippen molar-refractivity contribution in [1.29, 1.82) is 0 Å². The number of urea groups is 1. The van der Waals surface area contributed by atoms with Crippen molar-refractivity contribution in [3.05, 3.63) is 95.2 Å². The van der Waals surface area contributed by atoms with Crippen LogP contribution >= 0.6 is 0 Å². The van der Waals surface area contributed by atoms with Crippen molar-refractivity contribution in [1.82, 2.24) is 24.9 Å². The summed E-state index contributed by atoms with van der Waals surface area (Å²) in [5, 5.41) is 5.02. The Kier molecular flexibility index (Phi) is 4.50. The van der Waals surface area contributed by atoms with Gasteiger partial charge in [-0.25, -0.2) is 14.2 Å². The first-order chi connectivity index (χ1) is 16.8. The van der Waals surface area contributed by atoms with Gasteiger partial charge in [0.2, 0.25) is 0 Å². The molecule has 0 aliphatic carbocycles. The van der Waals surface area contributed by atoms with E-state index in [2.05, 4.69) is 15.6 Å². The van der Waals surface area contributed by atoms with Crippen LogP contribution in [0.3, 0.4) is 0 Å². The van der Waals surface area contributed by atoms with Gasteiger partial charge in [0.1, 0.15) is 11.5 Å². The maximum atomic E-state index is 13.7. The number of imide groups is 1. The summed E-state index contributed by atoms with van der Waals surface area (Å²) in [4.78, 5) is 44.0. The number of halogens is 1. The molecule has 2 aliphatic rings. The van der Waals surface area contributed by atoms with E-state index in [9.17, 15) is 18.8 Å². The molecule has 1 saturated heterocycles. The molecule has 9 heteroatoms. The number of pyridine rings is 1. The van der Waals surface area contributed by atoms with E-state index < -0.39 is 23.3 Å². The third-order valence-corrected chi connectivity index (χ3v) is 6.60. The number of carbonyl (C=O) groups excluding carboxylic acids is 3. The van der Waals surface area contributed by atoms with Gasteiger partial charge in [0.05, 0.1) is 12.2 Å². The molecule has 4 heterocycles. The van der Waals surface area contributed by atoms with E-state index in [4.69, 9.17) is 0 Å². The smallest absolute Gasteiger partial charge is 0.322 e. The quantitative estimate of drug-likeness (QED) is 0.449. The molecule has 2 aliphatic heterocycles. The van der Waals surface area contributed by atoms with Gasteiger partial charge in [0.15, 0.2) is 5.54 Å². The van der Waals surface area contributed by atoms with E-state index in [0.29, 0.717) is 11.1 Å². The molecule has 0 bridgehead atoms. The highest BCUT2D eigenvalue weighted by molar-refractivity contribution is 6.08. The molecule has 2 aromatic carbocycles. The Morgan fingerprint density at radius 1 is 1.00 bits per heavy atom. The summed E-state index contributed by atoms with van der Waals surface area (Å²) < 4.78 is 15.6. The van der Waals surface area contributed by atoms with Crippen molar-refractivity contribution in [3.8, 4) is 11.1 Å². The van der Waals surface area contributed by atoms with Crippen molar-refractivity contribution < 1.29 is 18.8 Å². The first kappa shape index (κ1) is 21.0. The van der Waals surface area contributed by atoms with Gasteiger partial charge in [-0.05, 0) is 53.4 Å². The molecular formula is C26H20FN5O3. The SMILES string of the molecule is Cc1cn2cc(-c3ccc([C@]4(CN5Cc6ccc(F)cc6C5=O)NC(=O)NC4=O)cc3)ccc2n1. The highest BCUT2D eigenvalue weighted by atomic mass is 19.1. The fraction of sp³-hybridized carbons (Fsp3) is 0.154. The second-order valence-electron chi connectivity index (χ2n) is 8.92. The number of carbonyl (C=O) groups is 3. The second-order valence-corrected chi connectivity index (χ2v) is 8.92. The summed E-state index contributed by atoms with van der Waals surface area (Å²) in [7, 11) is 0. The number of hydrogen-bond acceptors (Lipinski definition) is 4. The molecule has 0 unspecified atom stereocenters. The van der Waals surface area contributed by atoms with Gasteiger partial charge < -0.3 is 14.6 Å². The predicted molar refractivity (Wildman–Crippen MR) is 125 cm³/mol. The number of aromatic nitrogens is 2. The van der Waals surface area contributed by atoms with Crippen LogP contribution in [0, 0.1) is 12.7 Å². The first-order valence-corrected chi connectivity index (χ1v) is 11.1. The van der Waals surface area contributed by atoms with E-state index in [1.165, 1.54) is 17.0 Å². The van der Waals surface area contributed by atoms with Crippen LogP contribution in [0.25, 0.3) is 16.8 Å². The molecular weight excluding hydrogens is 449 g/mol. The van der Waals surface area contributed by atoms with Crippen molar-refractivity contribution in [3.63, 3.8) is 0 Å². The van der Waals surface area contributed by atoms with Crippen molar-refractivity contribution in [2.45, 2.75) is 19.0 Å². The molecule has 0 saturated carbocycles. The average Bonchev–Trinajstić information content (AvgIpc) is 3.46. The zero-order chi connectivity index (χ0) is 24.3. The Balaban J connectivity index is 1.34. The second kappa shape index (κ2) is 7.49. The van der Waals surface area contributed by atoms with Gasteiger partial charge in [0.25, 0.3) is 11.8 Å². The Morgan fingerprint density at radius 3 is 2.51 bits per heavy atom. The van der Waals surface area contributed by atoms with E-state index in [-0.39, 0.29) is 24.6 Å². The topological polar surface area (TPSA) is 95.8 Å². The van der Waals surface area contributed by atoms with Crippen LogP contribution in [0.15, 0.2) is 67.0 Å². The van der Waals surface area contributed by atoms with Crippen LogP contribution < -0.4 is 10.6 Å². The molecule has 8 nitrogen and oxygen atoms in total. The third-order valence-electron chi connectivity index (χ3n) is 6.60. The molecule has 174 valence electrons. The van der Waals surface area contributed by atoms with Crippen LogP contribution in [0.5, 0.6) is 0 Å². The van der Waals surface area contributed by atoms with Gasteiger partial charge in [0, 0.05) is 24.5 Å². The summed E-state index contributed by atoms with van der Waals surface area (Å²) in [5.41, 5.74) is 3.68. The molecule has 4 amide bonds. The molecule has 2 N–H and O–H groups in total. The Bertz CT molecular complexity index is 1540. The number of hydrogen-bond donors (Lipinski definition) is 2. The summed E-state index contributed by atoms with van der Waals surface area (Å²) in [5.74, 6) is -1.42. The number of benzene rings is 2. The van der Waals surface area contributed by atoms with Crippen molar-refractivity contribution >= 4 is 23.5 Å². The van der Waals surface area contributed by atoms with Gasteiger partial charge in [-0.2, -0.15) is 0 Å². The van der Waals surface area contributed by atoms with Gasteiger partial charge in [-0.15, -0.1) is 0 Å². The van der Waals surface area contributed by atoms with Crippen molar-refractivity contribution in [2.75, 3.05) is 6.54 Å². The number of amides is 4. The summed E-state index contributed by atoms with van der Waals surface area (Å²) in [6, 6.07) is 14.6. The van der Waals surface area contributed by atoms with Crippen LogP contribution in [0.2, 0.25) is 0 Å². The monoisotopic (exact) mass is 469 g/mol. The summed E-state index contributed by atoms with van der Waals surface area (Å²) >= 11 is 0. The molecule has 2 aromatic heterocycles. The number of rotatable bonds is 4. The largest absolute Gasteiger partial charge is 0.331 e. The third kappa shape index (κ3) is 3.35. The first-order valence-electron chi connectivity index (χ1n) is 11.1. The lowest BCUT2D eigenvalue weighted by Gasteiger charge is -2.31. The van der Waals surface area contributed by atoms with E-state index >= 15 is 0 Å². The summed E-state index contributed by atoms with van der Waals surface area (Å²) in [6.07, 6.45) is 3.92. The van der Waals surface area contributed by atoms with Gasteiger partial charge in [-0.1, -0.05) is 30.3 Å². The number of nitrogens with one attached hydrogen (secondary N) is 2. The zero-order valence-electron chi connectivity index (χ0n) is 18.7. The fourth-order valence-electron chi connectivity index (χ4n) is 4.88. The predicted octanol–water partition coefficient (Wildman–Crippen LogP) is 3.14. The lowest BCUT2D eigenvalue weighted by molar-refractivity contribution is -0.124. The van der Waals surface area contributed by atoms with Gasteiger partial charge in [-0.3, -0.25) is 14.9 Å². The Labute approximate surface area is 199 Å². The van der Waals surface area contributed by atoms with E-state index in [1.54, 1.807) is 18.2 Å². The van der Waals surface area contributed by atoms with Crippen molar-refractivity contribution in [2.24, 2.45) is 0 Å². The van der Waals surface area contributed by atoms with E-state index in [1.807, 2.05) is 48.0 Å². The number of imidazole rings is 1. The molecule has 1 atom stereocenters. The van der Waals surface area contributed by atoms with Crippen LogP contribution in [0.4, 0.5) is 9.18 Å². The van der Waals surface area contributed by atoms with Crippen LogP contribution in [-0.4, -0.2) is 38.7 Å². The van der Waals surface area contributed by atoms with E-state index in [0.717, 1.165) is 22.5 Å². The summed E-state index contributed by atoms with van der Waals surface area (Å²) in [6.45, 7) is 2.07. The number of aryl methyl sites for hydroxylation is 1. The molecule has 0 radical (unpaired) electrons. The maximum absolute atomic E-state index is 13.7. The standard InChI is InChI=1S/C26H20FN5O3/c1-15-11-31-12-17(5-9-22(31)28-15)16-2-6-19(7-3-16)26(24(34)29-25(35)30-26)14-32-13-18-4-8-20(27)10-21(18)23(32)33/h2-12H,13-14H2,1H3,(H2,29,30,34,35)/t26-/m0/s1. The van der Waals surface area contributed by atoms with Crippen LogP contribution in [0.1, 0.15) is 27.2 Å². The molecule has 0 spiro atoms. The zero-order valence-corrected chi connectivity index (χ0v) is 18.7. The molecule has 4 aromatic rings.